The number of benzene rings is 1. The highest BCUT2D eigenvalue weighted by Gasteiger charge is 2.41. The first kappa shape index (κ1) is 15.1. The van der Waals surface area contributed by atoms with Crippen LogP contribution in [-0.4, -0.2) is 15.2 Å². The Balaban J connectivity index is 1.80. The van der Waals surface area contributed by atoms with Crippen LogP contribution in [0.2, 0.25) is 0 Å². The Hall–Kier alpha value is -2.44. The molecule has 6 heteroatoms. The summed E-state index contributed by atoms with van der Waals surface area (Å²) in [7, 11) is 0. The van der Waals surface area contributed by atoms with E-state index in [1.807, 2.05) is 36.4 Å². The highest BCUT2D eigenvalue weighted by Crippen LogP contribution is 2.43. The molecule has 0 amide bonds. The lowest BCUT2D eigenvalue weighted by Crippen LogP contribution is -2.28. The lowest BCUT2D eigenvalue weighted by molar-refractivity contribution is 0.475. The van der Waals surface area contributed by atoms with Gasteiger partial charge in [0.2, 0.25) is 0 Å². The van der Waals surface area contributed by atoms with Gasteiger partial charge in [-0.2, -0.15) is 0 Å². The number of rotatable bonds is 3. The van der Waals surface area contributed by atoms with Crippen molar-refractivity contribution in [2.45, 2.75) is 12.1 Å². The monoisotopic (exact) mass is 353 g/mol. The second-order valence-corrected chi connectivity index (χ2v) is 6.89. The lowest BCUT2D eigenvalue weighted by atomic mass is 10.0. The molecule has 1 fully saturated rings. The van der Waals surface area contributed by atoms with Crippen LogP contribution in [0.5, 0.6) is 5.75 Å². The molecule has 120 valence electrons. The molecular weight excluding hydrogens is 338 g/mol. The smallest absolute Gasteiger partial charge is 0.174 e. The number of anilines is 1. The van der Waals surface area contributed by atoms with E-state index in [9.17, 15) is 5.11 Å². The largest absolute Gasteiger partial charge is 0.508 e. The number of phenolic OH excluding ortho intramolecular Hbond substituents is 1. The van der Waals surface area contributed by atoms with Crippen molar-refractivity contribution >= 4 is 34.4 Å². The summed E-state index contributed by atoms with van der Waals surface area (Å²) in [5, 5.41) is 15.7. The number of thiocarbonyl (C=S) groups is 1. The highest BCUT2D eigenvalue weighted by molar-refractivity contribution is 7.80. The molecule has 24 heavy (non-hydrogen) atoms. The molecule has 0 aliphatic carbocycles. The van der Waals surface area contributed by atoms with Crippen molar-refractivity contribution in [2.75, 3.05) is 4.90 Å². The van der Waals surface area contributed by atoms with E-state index in [4.69, 9.17) is 12.2 Å². The standard InChI is InChI=1S/C18H15N3OS2/c22-13-8-6-12(7-9-13)21-17(15-5-3-11-24-15)16(20-18(21)23)14-4-1-2-10-19-14/h1-11,16-17,22H,(H,20,23)/t16-,17-/m0/s1. The predicted octanol–water partition coefficient (Wildman–Crippen LogP) is 4.03. The average Bonchev–Trinajstić information content (AvgIpc) is 3.24. The first-order valence-corrected chi connectivity index (χ1v) is 8.86. The quantitative estimate of drug-likeness (QED) is 0.696. The molecule has 0 saturated carbocycles. The highest BCUT2D eigenvalue weighted by atomic mass is 32.1. The fourth-order valence-corrected chi connectivity index (χ4v) is 4.19. The maximum absolute atomic E-state index is 9.57. The fourth-order valence-electron chi connectivity index (χ4n) is 2.99. The van der Waals surface area contributed by atoms with Gasteiger partial charge in [-0.3, -0.25) is 4.98 Å². The molecule has 0 radical (unpaired) electrons. The molecule has 1 aliphatic rings. The van der Waals surface area contributed by atoms with E-state index in [1.165, 1.54) is 4.88 Å². The van der Waals surface area contributed by atoms with Crippen LogP contribution in [0.3, 0.4) is 0 Å². The van der Waals surface area contributed by atoms with Crippen LogP contribution in [0.4, 0.5) is 5.69 Å². The maximum Gasteiger partial charge on any atom is 0.174 e. The third-order valence-electron chi connectivity index (χ3n) is 4.06. The molecule has 0 spiro atoms. The number of aromatic hydroxyl groups is 1. The molecule has 4 nitrogen and oxygen atoms in total. The summed E-state index contributed by atoms with van der Waals surface area (Å²) in [6.07, 6.45) is 1.80. The van der Waals surface area contributed by atoms with Gasteiger partial charge in [0.05, 0.1) is 17.8 Å². The number of phenols is 1. The van der Waals surface area contributed by atoms with Crippen LogP contribution in [0.25, 0.3) is 0 Å². The third-order valence-corrected chi connectivity index (χ3v) is 5.32. The Labute approximate surface area is 149 Å². The maximum atomic E-state index is 9.57. The molecule has 2 aromatic heterocycles. The van der Waals surface area contributed by atoms with Crippen LogP contribution in [0.1, 0.15) is 22.7 Å². The normalized spacial score (nSPS) is 20.2. The summed E-state index contributed by atoms with van der Waals surface area (Å²) in [6.45, 7) is 0. The number of hydrogen-bond acceptors (Lipinski definition) is 4. The second-order valence-electron chi connectivity index (χ2n) is 5.53. The zero-order valence-electron chi connectivity index (χ0n) is 12.7. The van der Waals surface area contributed by atoms with Crippen LogP contribution in [0, 0.1) is 0 Å². The lowest BCUT2D eigenvalue weighted by Gasteiger charge is -2.26. The molecule has 0 unspecified atom stereocenters. The summed E-state index contributed by atoms with van der Waals surface area (Å²) in [4.78, 5) is 7.82. The topological polar surface area (TPSA) is 48.4 Å². The Morgan fingerprint density at radius 2 is 1.92 bits per heavy atom. The van der Waals surface area contributed by atoms with E-state index < -0.39 is 0 Å². The Morgan fingerprint density at radius 3 is 2.58 bits per heavy atom. The molecule has 1 aliphatic heterocycles. The van der Waals surface area contributed by atoms with Gasteiger partial charge in [-0.05, 0) is 60.1 Å². The van der Waals surface area contributed by atoms with Gasteiger partial charge in [0, 0.05) is 16.8 Å². The third kappa shape index (κ3) is 2.64. The molecule has 0 bridgehead atoms. The summed E-state index contributed by atoms with van der Waals surface area (Å²) in [6, 6.07) is 17.2. The molecule has 1 saturated heterocycles. The minimum Gasteiger partial charge on any atom is -0.508 e. The molecule has 3 aromatic rings. The molecule has 4 rings (SSSR count). The van der Waals surface area contributed by atoms with Crippen LogP contribution < -0.4 is 10.2 Å². The number of nitrogens with one attached hydrogen (secondary N) is 1. The van der Waals surface area contributed by atoms with E-state index in [0.717, 1.165) is 11.4 Å². The minimum absolute atomic E-state index is 0.0221. The second kappa shape index (κ2) is 6.22. The van der Waals surface area contributed by atoms with Gasteiger partial charge < -0.3 is 15.3 Å². The summed E-state index contributed by atoms with van der Waals surface area (Å²) in [5.74, 6) is 0.241. The van der Waals surface area contributed by atoms with Crippen molar-refractivity contribution in [3.8, 4) is 5.75 Å². The number of pyridine rings is 1. The Morgan fingerprint density at radius 1 is 1.08 bits per heavy atom. The zero-order chi connectivity index (χ0) is 16.5. The van der Waals surface area contributed by atoms with Gasteiger partial charge in [0.1, 0.15) is 5.75 Å². The number of aromatic nitrogens is 1. The molecule has 1 aromatic carbocycles. The minimum atomic E-state index is -0.0221. The van der Waals surface area contributed by atoms with Gasteiger partial charge in [-0.15, -0.1) is 11.3 Å². The van der Waals surface area contributed by atoms with Crippen molar-refractivity contribution in [3.63, 3.8) is 0 Å². The van der Waals surface area contributed by atoms with E-state index in [-0.39, 0.29) is 17.8 Å². The molecule has 2 atom stereocenters. The molecule has 3 heterocycles. The average molecular weight is 353 g/mol. The molecular formula is C18H15N3OS2. The van der Waals surface area contributed by atoms with Crippen molar-refractivity contribution in [1.29, 1.82) is 0 Å². The van der Waals surface area contributed by atoms with Gasteiger partial charge in [0.15, 0.2) is 5.11 Å². The Bertz CT molecular complexity index is 834. The zero-order valence-corrected chi connectivity index (χ0v) is 14.3. The predicted molar refractivity (Wildman–Crippen MR) is 100 cm³/mol. The van der Waals surface area contributed by atoms with Crippen molar-refractivity contribution in [1.82, 2.24) is 10.3 Å². The van der Waals surface area contributed by atoms with Gasteiger partial charge in [0.25, 0.3) is 0 Å². The summed E-state index contributed by atoms with van der Waals surface area (Å²) in [5.41, 5.74) is 1.90. The summed E-state index contributed by atoms with van der Waals surface area (Å²) >= 11 is 7.32. The van der Waals surface area contributed by atoms with Crippen LogP contribution in [-0.2, 0) is 0 Å². The van der Waals surface area contributed by atoms with E-state index >= 15 is 0 Å². The van der Waals surface area contributed by atoms with E-state index in [2.05, 4.69) is 26.6 Å². The summed E-state index contributed by atoms with van der Waals surface area (Å²) < 4.78 is 0. The van der Waals surface area contributed by atoms with E-state index in [0.29, 0.717) is 5.11 Å². The Kier molecular flexibility index (Phi) is 3.92. The number of nitrogens with zero attached hydrogens (tertiary/aromatic N) is 2. The van der Waals surface area contributed by atoms with Gasteiger partial charge in [-0.25, -0.2) is 0 Å². The molecule has 2 N–H and O–H groups in total. The van der Waals surface area contributed by atoms with Crippen molar-refractivity contribution < 1.29 is 5.11 Å². The van der Waals surface area contributed by atoms with Crippen LogP contribution >= 0.6 is 23.6 Å². The first-order valence-electron chi connectivity index (χ1n) is 7.57. The first-order chi connectivity index (χ1) is 11.7. The fraction of sp³-hybridized carbons (Fsp3) is 0.111. The van der Waals surface area contributed by atoms with E-state index in [1.54, 1.807) is 29.7 Å². The van der Waals surface area contributed by atoms with Crippen LogP contribution in [0.15, 0.2) is 66.2 Å². The number of hydrogen-bond donors (Lipinski definition) is 2. The van der Waals surface area contributed by atoms with Crippen molar-refractivity contribution in [3.05, 3.63) is 76.7 Å². The number of thiophene rings is 1. The SMILES string of the molecule is Oc1ccc(N2C(=S)N[C@@H](c3ccccn3)[C@@H]2c2cccs2)cc1. The van der Waals surface area contributed by atoms with Gasteiger partial charge >= 0.3 is 0 Å². The van der Waals surface area contributed by atoms with Crippen molar-refractivity contribution in [2.24, 2.45) is 0 Å². The van der Waals surface area contributed by atoms with Gasteiger partial charge in [-0.1, -0.05) is 12.1 Å².